The number of azo groups is 1. The molecule has 0 aliphatic heterocycles. The van der Waals surface area contributed by atoms with Crippen molar-refractivity contribution < 1.29 is 4.92 Å². The highest BCUT2D eigenvalue weighted by atomic mass is 35.5. The zero-order valence-electron chi connectivity index (χ0n) is 12.7. The first-order valence-electron chi connectivity index (χ1n) is 7.25. The molecule has 0 heterocycles. The van der Waals surface area contributed by atoms with Crippen LogP contribution in [0.25, 0.3) is 0 Å². The average molecular weight is 333 g/mol. The van der Waals surface area contributed by atoms with Gasteiger partial charge in [0.1, 0.15) is 5.69 Å². The van der Waals surface area contributed by atoms with Crippen LogP contribution in [0, 0.1) is 10.1 Å². The Morgan fingerprint density at radius 2 is 1.91 bits per heavy atom. The molecule has 1 N–H and O–H groups in total. The van der Waals surface area contributed by atoms with Crippen molar-refractivity contribution in [1.82, 2.24) is 5.32 Å². The second-order valence-corrected chi connectivity index (χ2v) is 5.27. The quantitative estimate of drug-likeness (QED) is 0.342. The Hall–Kier alpha value is -2.31. The van der Waals surface area contributed by atoms with Crippen molar-refractivity contribution in [2.75, 3.05) is 13.1 Å². The Morgan fingerprint density at radius 1 is 1.17 bits per heavy atom. The Balaban J connectivity index is 2.04. The zero-order valence-corrected chi connectivity index (χ0v) is 13.5. The van der Waals surface area contributed by atoms with E-state index in [0.717, 1.165) is 19.5 Å². The molecular weight excluding hydrogens is 316 g/mol. The SMILES string of the molecule is CCNCCc1ccc(N=Nc2ccc([N+](=O)[O-])cc2Cl)cc1. The Kier molecular flexibility index (Phi) is 6.19. The van der Waals surface area contributed by atoms with Gasteiger partial charge in [-0.3, -0.25) is 10.1 Å². The molecule has 0 aliphatic carbocycles. The van der Waals surface area contributed by atoms with Gasteiger partial charge in [0.25, 0.3) is 5.69 Å². The highest BCUT2D eigenvalue weighted by Gasteiger charge is 2.08. The van der Waals surface area contributed by atoms with Gasteiger partial charge in [0, 0.05) is 12.1 Å². The van der Waals surface area contributed by atoms with Crippen molar-refractivity contribution >= 4 is 28.7 Å². The Morgan fingerprint density at radius 3 is 2.52 bits per heavy atom. The molecule has 0 saturated carbocycles. The van der Waals surface area contributed by atoms with Crippen molar-refractivity contribution in [2.45, 2.75) is 13.3 Å². The summed E-state index contributed by atoms with van der Waals surface area (Å²) >= 11 is 5.97. The van der Waals surface area contributed by atoms with Crippen LogP contribution in [0.3, 0.4) is 0 Å². The summed E-state index contributed by atoms with van der Waals surface area (Å²) in [5.41, 5.74) is 2.25. The van der Waals surface area contributed by atoms with E-state index in [2.05, 4.69) is 22.5 Å². The van der Waals surface area contributed by atoms with Gasteiger partial charge >= 0.3 is 0 Å². The molecule has 0 bridgehead atoms. The van der Waals surface area contributed by atoms with Gasteiger partial charge in [-0.15, -0.1) is 5.11 Å². The molecule has 0 atom stereocenters. The summed E-state index contributed by atoms with van der Waals surface area (Å²) in [6, 6.07) is 11.9. The largest absolute Gasteiger partial charge is 0.317 e. The first kappa shape index (κ1) is 17.1. The lowest BCUT2D eigenvalue weighted by molar-refractivity contribution is -0.384. The highest BCUT2D eigenvalue weighted by Crippen LogP contribution is 2.30. The fourth-order valence-corrected chi connectivity index (χ4v) is 2.15. The van der Waals surface area contributed by atoms with Crippen LogP contribution in [0.4, 0.5) is 17.1 Å². The Labute approximate surface area is 139 Å². The molecule has 0 aromatic heterocycles. The van der Waals surface area contributed by atoms with E-state index in [9.17, 15) is 10.1 Å². The summed E-state index contributed by atoms with van der Waals surface area (Å²) in [6.07, 6.45) is 0.958. The van der Waals surface area contributed by atoms with Crippen LogP contribution in [0.1, 0.15) is 12.5 Å². The van der Waals surface area contributed by atoms with Crippen molar-refractivity contribution in [2.24, 2.45) is 10.2 Å². The smallest absolute Gasteiger partial charge is 0.271 e. The fourth-order valence-electron chi connectivity index (χ4n) is 1.94. The molecule has 2 aromatic carbocycles. The number of non-ortho nitro benzene ring substituents is 1. The maximum absolute atomic E-state index is 10.7. The molecule has 0 aliphatic rings. The van der Waals surface area contributed by atoms with E-state index >= 15 is 0 Å². The minimum Gasteiger partial charge on any atom is -0.317 e. The van der Waals surface area contributed by atoms with Crippen LogP contribution in [-0.2, 0) is 6.42 Å². The van der Waals surface area contributed by atoms with Crippen molar-refractivity contribution in [3.05, 3.63) is 63.2 Å². The number of rotatable bonds is 7. The predicted molar refractivity (Wildman–Crippen MR) is 91.0 cm³/mol. The van der Waals surface area contributed by atoms with Crippen LogP contribution in [0.2, 0.25) is 5.02 Å². The number of halogens is 1. The van der Waals surface area contributed by atoms with Crippen molar-refractivity contribution in [3.63, 3.8) is 0 Å². The number of hydrogen-bond donors (Lipinski definition) is 1. The Bertz CT molecular complexity index is 702. The number of benzene rings is 2. The van der Waals surface area contributed by atoms with E-state index in [0.29, 0.717) is 11.4 Å². The summed E-state index contributed by atoms with van der Waals surface area (Å²) in [7, 11) is 0. The average Bonchev–Trinajstić information content (AvgIpc) is 2.55. The van der Waals surface area contributed by atoms with Gasteiger partial charge in [0.2, 0.25) is 0 Å². The third-order valence-electron chi connectivity index (χ3n) is 3.19. The van der Waals surface area contributed by atoms with E-state index in [-0.39, 0.29) is 10.7 Å². The maximum atomic E-state index is 10.7. The standard InChI is InChI=1S/C16H17ClN4O2/c1-2-18-10-9-12-3-5-13(6-4-12)19-20-16-8-7-14(21(22)23)11-15(16)17/h3-8,11,18H,2,9-10H2,1H3. The summed E-state index contributed by atoms with van der Waals surface area (Å²) in [5.74, 6) is 0. The molecule has 0 fully saturated rings. The molecule has 120 valence electrons. The normalized spacial score (nSPS) is 11.0. The third kappa shape index (κ3) is 5.12. The van der Waals surface area contributed by atoms with Crippen LogP contribution in [0.15, 0.2) is 52.7 Å². The van der Waals surface area contributed by atoms with Gasteiger partial charge in [-0.25, -0.2) is 0 Å². The minimum absolute atomic E-state index is 0.0704. The molecule has 0 amide bonds. The molecule has 2 rings (SSSR count). The number of likely N-dealkylation sites (N-methyl/N-ethyl adjacent to an activating group) is 1. The van der Waals surface area contributed by atoms with Gasteiger partial charge in [-0.2, -0.15) is 5.11 Å². The molecule has 7 heteroatoms. The van der Waals surface area contributed by atoms with Gasteiger partial charge < -0.3 is 5.32 Å². The van der Waals surface area contributed by atoms with Crippen LogP contribution < -0.4 is 5.32 Å². The molecule has 23 heavy (non-hydrogen) atoms. The van der Waals surface area contributed by atoms with Crippen molar-refractivity contribution in [3.8, 4) is 0 Å². The molecule has 0 spiro atoms. The van der Waals surface area contributed by atoms with Gasteiger partial charge in [0.05, 0.1) is 15.6 Å². The maximum Gasteiger partial charge on any atom is 0.271 e. The van der Waals surface area contributed by atoms with Crippen molar-refractivity contribution in [1.29, 1.82) is 0 Å². The summed E-state index contributed by atoms with van der Waals surface area (Å²) in [6.45, 7) is 3.98. The van der Waals surface area contributed by atoms with Gasteiger partial charge in [-0.05, 0) is 43.3 Å². The number of nitrogens with zero attached hydrogens (tertiary/aromatic N) is 3. The number of nitro groups is 1. The molecule has 6 nitrogen and oxygen atoms in total. The predicted octanol–water partition coefficient (Wildman–Crippen LogP) is 4.82. The summed E-state index contributed by atoms with van der Waals surface area (Å²) in [4.78, 5) is 10.2. The number of hydrogen-bond acceptors (Lipinski definition) is 5. The third-order valence-corrected chi connectivity index (χ3v) is 3.49. The van der Waals surface area contributed by atoms with E-state index < -0.39 is 4.92 Å². The van der Waals surface area contributed by atoms with E-state index in [1.165, 1.54) is 23.8 Å². The first-order chi connectivity index (χ1) is 11.1. The number of nitro benzene ring substituents is 1. The van der Waals surface area contributed by atoms with Gasteiger partial charge in [-0.1, -0.05) is 30.7 Å². The van der Waals surface area contributed by atoms with Gasteiger partial charge in [0.15, 0.2) is 0 Å². The monoisotopic (exact) mass is 332 g/mol. The van der Waals surface area contributed by atoms with E-state index in [1.54, 1.807) is 0 Å². The second kappa shape index (κ2) is 8.36. The highest BCUT2D eigenvalue weighted by molar-refractivity contribution is 6.33. The second-order valence-electron chi connectivity index (χ2n) is 4.86. The van der Waals surface area contributed by atoms with Crippen LogP contribution in [-0.4, -0.2) is 18.0 Å². The molecule has 0 unspecified atom stereocenters. The molecule has 0 radical (unpaired) electrons. The topological polar surface area (TPSA) is 79.9 Å². The molecule has 0 saturated heterocycles. The summed E-state index contributed by atoms with van der Waals surface area (Å²) < 4.78 is 0. The van der Waals surface area contributed by atoms with Crippen LogP contribution in [0.5, 0.6) is 0 Å². The lowest BCUT2D eigenvalue weighted by Crippen LogP contribution is -2.15. The lowest BCUT2D eigenvalue weighted by atomic mass is 10.1. The van der Waals surface area contributed by atoms with E-state index in [4.69, 9.17) is 11.6 Å². The van der Waals surface area contributed by atoms with E-state index in [1.807, 2.05) is 24.3 Å². The summed E-state index contributed by atoms with van der Waals surface area (Å²) in [5, 5.41) is 22.3. The lowest BCUT2D eigenvalue weighted by Gasteiger charge is -2.02. The molecule has 2 aromatic rings. The first-order valence-corrected chi connectivity index (χ1v) is 7.63. The minimum atomic E-state index is -0.501. The van der Waals surface area contributed by atoms with Crippen LogP contribution >= 0.6 is 11.6 Å². The molecular formula is C16H17ClN4O2. The zero-order chi connectivity index (χ0) is 16.7. The fraction of sp³-hybridized carbons (Fsp3) is 0.250. The number of nitrogens with one attached hydrogen (secondary N) is 1.